The van der Waals surface area contributed by atoms with Gasteiger partial charge in [0.2, 0.25) is 0 Å². The summed E-state index contributed by atoms with van der Waals surface area (Å²) in [6.45, 7) is 10.1. The average molecular weight is 281 g/mol. The molecule has 2 nitrogen and oxygen atoms in total. The fraction of sp³-hybridized carbons (Fsp3) is 0.625. The van der Waals surface area contributed by atoms with Crippen LogP contribution in [0.25, 0.3) is 0 Å². The van der Waals surface area contributed by atoms with Crippen LogP contribution >= 0.6 is 11.6 Å². The molecule has 0 aromatic heterocycles. The first kappa shape index (κ1) is 14.8. The Morgan fingerprint density at radius 1 is 1.26 bits per heavy atom. The molecule has 0 aliphatic heterocycles. The molecule has 19 heavy (non-hydrogen) atoms. The van der Waals surface area contributed by atoms with Crippen LogP contribution < -0.4 is 5.32 Å². The third-order valence-electron chi connectivity index (χ3n) is 4.05. The van der Waals surface area contributed by atoms with E-state index in [4.69, 9.17) is 11.6 Å². The number of fused-ring (bicyclic) bond motifs is 1. The van der Waals surface area contributed by atoms with Crippen molar-refractivity contribution >= 4 is 11.6 Å². The van der Waals surface area contributed by atoms with Crippen molar-refractivity contribution < 1.29 is 0 Å². The van der Waals surface area contributed by atoms with Crippen molar-refractivity contribution in [2.24, 2.45) is 0 Å². The Labute approximate surface area is 122 Å². The highest BCUT2D eigenvalue weighted by Crippen LogP contribution is 2.25. The molecule has 0 saturated carbocycles. The van der Waals surface area contributed by atoms with Gasteiger partial charge in [-0.2, -0.15) is 0 Å². The van der Waals surface area contributed by atoms with Gasteiger partial charge in [0.15, 0.2) is 0 Å². The summed E-state index contributed by atoms with van der Waals surface area (Å²) < 4.78 is 0. The number of benzene rings is 1. The van der Waals surface area contributed by atoms with E-state index in [0.717, 1.165) is 37.5 Å². The van der Waals surface area contributed by atoms with E-state index in [1.165, 1.54) is 11.1 Å². The third kappa shape index (κ3) is 3.95. The van der Waals surface area contributed by atoms with Crippen molar-refractivity contribution in [3.63, 3.8) is 0 Å². The monoisotopic (exact) mass is 280 g/mol. The lowest BCUT2D eigenvalue weighted by Gasteiger charge is -2.26. The van der Waals surface area contributed by atoms with Gasteiger partial charge in [0.05, 0.1) is 0 Å². The molecule has 1 aliphatic carbocycles. The first-order valence-corrected chi connectivity index (χ1v) is 7.75. The van der Waals surface area contributed by atoms with Gasteiger partial charge < -0.3 is 10.2 Å². The fourth-order valence-corrected chi connectivity index (χ4v) is 3.22. The van der Waals surface area contributed by atoms with E-state index < -0.39 is 0 Å². The molecule has 0 amide bonds. The summed E-state index contributed by atoms with van der Waals surface area (Å²) in [4.78, 5) is 2.47. The molecule has 1 aliphatic rings. The molecule has 2 unspecified atom stereocenters. The molecule has 3 heteroatoms. The second-order valence-electron chi connectivity index (χ2n) is 5.57. The number of halogens is 1. The molecule has 2 rings (SSSR count). The van der Waals surface area contributed by atoms with Crippen molar-refractivity contribution in [2.75, 3.05) is 19.6 Å². The Balaban J connectivity index is 1.86. The first-order chi connectivity index (χ1) is 9.12. The summed E-state index contributed by atoms with van der Waals surface area (Å²) in [6, 6.07) is 7.40. The number of rotatable bonds is 6. The summed E-state index contributed by atoms with van der Waals surface area (Å²) in [5.74, 6) is 0. The number of nitrogens with zero attached hydrogens (tertiary/aromatic N) is 1. The molecule has 1 N–H and O–H groups in total. The minimum atomic E-state index is 0.537. The molecule has 0 saturated heterocycles. The maximum Gasteiger partial charge on any atom is 0.0408 e. The smallest absolute Gasteiger partial charge is 0.0408 e. The summed E-state index contributed by atoms with van der Waals surface area (Å²) in [7, 11) is 0. The van der Waals surface area contributed by atoms with Crippen molar-refractivity contribution in [2.45, 2.75) is 45.7 Å². The van der Waals surface area contributed by atoms with Crippen LogP contribution in [0.5, 0.6) is 0 Å². The van der Waals surface area contributed by atoms with Gasteiger partial charge in [-0.05, 0) is 56.1 Å². The Morgan fingerprint density at radius 2 is 1.95 bits per heavy atom. The molecule has 106 valence electrons. The van der Waals surface area contributed by atoms with E-state index in [0.29, 0.717) is 12.1 Å². The largest absolute Gasteiger partial charge is 0.310 e. The van der Waals surface area contributed by atoms with Crippen LogP contribution in [0.4, 0.5) is 0 Å². The van der Waals surface area contributed by atoms with Crippen LogP contribution in [0.1, 0.15) is 31.9 Å². The lowest BCUT2D eigenvalue weighted by Crippen LogP contribution is -2.44. The van der Waals surface area contributed by atoms with Gasteiger partial charge in [0.25, 0.3) is 0 Å². The topological polar surface area (TPSA) is 15.3 Å². The van der Waals surface area contributed by atoms with Crippen molar-refractivity contribution in [1.29, 1.82) is 0 Å². The lowest BCUT2D eigenvalue weighted by atomic mass is 10.1. The van der Waals surface area contributed by atoms with E-state index >= 15 is 0 Å². The molecule has 0 spiro atoms. The zero-order valence-corrected chi connectivity index (χ0v) is 13.0. The van der Waals surface area contributed by atoms with Gasteiger partial charge >= 0.3 is 0 Å². The van der Waals surface area contributed by atoms with Crippen molar-refractivity contribution in [1.82, 2.24) is 10.2 Å². The zero-order valence-electron chi connectivity index (χ0n) is 12.2. The van der Waals surface area contributed by atoms with E-state index in [2.05, 4.69) is 43.1 Å². The Kier molecular flexibility index (Phi) is 5.26. The average Bonchev–Trinajstić information content (AvgIpc) is 2.77. The lowest BCUT2D eigenvalue weighted by molar-refractivity contribution is 0.262. The molecule has 0 radical (unpaired) electrons. The number of likely N-dealkylation sites (N-methyl/N-ethyl adjacent to an activating group) is 1. The van der Waals surface area contributed by atoms with Crippen LogP contribution in [0, 0.1) is 0 Å². The highest BCUT2D eigenvalue weighted by atomic mass is 35.5. The molecule has 2 atom stereocenters. The maximum absolute atomic E-state index is 6.06. The van der Waals surface area contributed by atoms with E-state index in [1.54, 1.807) is 0 Å². The van der Waals surface area contributed by atoms with Gasteiger partial charge in [-0.3, -0.25) is 0 Å². The molecule has 0 fully saturated rings. The van der Waals surface area contributed by atoms with Gasteiger partial charge in [0.1, 0.15) is 0 Å². The first-order valence-electron chi connectivity index (χ1n) is 7.38. The standard InChI is InChI=1S/C16H25ClN2/c1-4-19(5-2)11-12(3)18-16-9-13-6-7-15(17)8-14(13)10-16/h6-8,12,16,18H,4-5,9-11H2,1-3H3. The number of hydrogen-bond donors (Lipinski definition) is 1. The minimum Gasteiger partial charge on any atom is -0.310 e. The number of nitrogens with one attached hydrogen (secondary N) is 1. The summed E-state index contributed by atoms with van der Waals surface area (Å²) in [5, 5.41) is 4.62. The molecule has 1 aromatic rings. The van der Waals surface area contributed by atoms with Crippen molar-refractivity contribution in [3.05, 3.63) is 34.3 Å². The Hall–Kier alpha value is -0.570. The summed E-state index contributed by atoms with van der Waals surface area (Å²) in [5.41, 5.74) is 2.87. The Morgan fingerprint density at radius 3 is 2.63 bits per heavy atom. The highest BCUT2D eigenvalue weighted by Gasteiger charge is 2.22. The van der Waals surface area contributed by atoms with E-state index in [-0.39, 0.29) is 0 Å². The normalized spacial score (nSPS) is 19.7. The Bertz CT molecular complexity index is 415. The highest BCUT2D eigenvalue weighted by molar-refractivity contribution is 6.30. The minimum absolute atomic E-state index is 0.537. The summed E-state index contributed by atoms with van der Waals surface area (Å²) in [6.07, 6.45) is 2.24. The van der Waals surface area contributed by atoms with E-state index in [1.807, 2.05) is 6.07 Å². The van der Waals surface area contributed by atoms with Crippen LogP contribution in [-0.2, 0) is 12.8 Å². The molecular weight excluding hydrogens is 256 g/mol. The van der Waals surface area contributed by atoms with Crippen LogP contribution in [-0.4, -0.2) is 36.6 Å². The predicted octanol–water partition coefficient (Wildman–Crippen LogP) is 3.13. The molecular formula is C16H25ClN2. The third-order valence-corrected chi connectivity index (χ3v) is 4.28. The van der Waals surface area contributed by atoms with Gasteiger partial charge in [-0.25, -0.2) is 0 Å². The van der Waals surface area contributed by atoms with Gasteiger partial charge in [-0.15, -0.1) is 0 Å². The molecule has 1 aromatic carbocycles. The van der Waals surface area contributed by atoms with Crippen LogP contribution in [0.2, 0.25) is 5.02 Å². The zero-order chi connectivity index (χ0) is 13.8. The van der Waals surface area contributed by atoms with E-state index in [9.17, 15) is 0 Å². The second kappa shape index (κ2) is 6.74. The summed E-state index contributed by atoms with van der Waals surface area (Å²) >= 11 is 6.06. The molecule has 0 bridgehead atoms. The van der Waals surface area contributed by atoms with Crippen LogP contribution in [0.15, 0.2) is 18.2 Å². The number of hydrogen-bond acceptors (Lipinski definition) is 2. The predicted molar refractivity (Wildman–Crippen MR) is 83.0 cm³/mol. The SMILES string of the molecule is CCN(CC)CC(C)NC1Cc2ccc(Cl)cc2C1. The fourth-order valence-electron chi connectivity index (χ4n) is 3.03. The molecule has 0 heterocycles. The maximum atomic E-state index is 6.06. The van der Waals surface area contributed by atoms with Crippen LogP contribution in [0.3, 0.4) is 0 Å². The second-order valence-corrected chi connectivity index (χ2v) is 6.01. The van der Waals surface area contributed by atoms with Crippen molar-refractivity contribution in [3.8, 4) is 0 Å². The van der Waals surface area contributed by atoms with Gasteiger partial charge in [0, 0.05) is 23.7 Å². The van der Waals surface area contributed by atoms with Gasteiger partial charge in [-0.1, -0.05) is 31.5 Å². The quantitative estimate of drug-likeness (QED) is 0.861.